The number of anilines is 1. The van der Waals surface area contributed by atoms with Crippen molar-refractivity contribution in [2.75, 3.05) is 44.2 Å². The first-order chi connectivity index (χ1) is 13.4. The van der Waals surface area contributed by atoms with Gasteiger partial charge in [-0.15, -0.1) is 0 Å². The van der Waals surface area contributed by atoms with Gasteiger partial charge < -0.3 is 26.2 Å². The number of carbonyl (C=O) groups is 3. The van der Waals surface area contributed by atoms with E-state index in [2.05, 4.69) is 20.5 Å². The highest BCUT2D eigenvalue weighted by molar-refractivity contribution is 5.87. The number of piperazine rings is 1. The predicted molar refractivity (Wildman–Crippen MR) is 106 cm³/mol. The largest absolute Gasteiger partial charge is 0.354 e. The Morgan fingerprint density at radius 1 is 1.14 bits per heavy atom. The molecule has 1 atom stereocenters. The van der Waals surface area contributed by atoms with Crippen LogP contribution in [0.2, 0.25) is 0 Å². The minimum atomic E-state index is -0.640. The smallest absolute Gasteiger partial charge is 0.239 e. The lowest BCUT2D eigenvalue weighted by Gasteiger charge is -2.35. The van der Waals surface area contributed by atoms with Crippen molar-refractivity contribution in [1.82, 2.24) is 20.5 Å². The second-order valence-electron chi connectivity index (χ2n) is 7.14. The van der Waals surface area contributed by atoms with E-state index in [1.165, 1.54) is 0 Å². The molecule has 2 heterocycles. The zero-order valence-corrected chi connectivity index (χ0v) is 16.6. The number of carbonyl (C=O) groups excluding carboxylic acids is 3. The van der Waals surface area contributed by atoms with Gasteiger partial charge in [-0.2, -0.15) is 0 Å². The molecule has 1 fully saturated rings. The van der Waals surface area contributed by atoms with Gasteiger partial charge in [-0.25, -0.2) is 4.98 Å². The van der Waals surface area contributed by atoms with Crippen LogP contribution in [0.15, 0.2) is 24.4 Å². The number of aromatic nitrogens is 1. The van der Waals surface area contributed by atoms with Crippen LogP contribution >= 0.6 is 0 Å². The van der Waals surface area contributed by atoms with Crippen molar-refractivity contribution in [3.05, 3.63) is 24.4 Å². The fourth-order valence-corrected chi connectivity index (χ4v) is 2.84. The number of nitrogens with one attached hydrogen (secondary N) is 2. The maximum Gasteiger partial charge on any atom is 0.239 e. The fourth-order valence-electron chi connectivity index (χ4n) is 2.84. The first-order valence-corrected chi connectivity index (χ1v) is 9.62. The lowest BCUT2D eigenvalue weighted by atomic mass is 10.1. The Balaban J connectivity index is 1.62. The zero-order valence-electron chi connectivity index (χ0n) is 16.6. The molecule has 0 bridgehead atoms. The van der Waals surface area contributed by atoms with Gasteiger partial charge in [0.1, 0.15) is 5.82 Å². The van der Waals surface area contributed by atoms with Crippen LogP contribution in [0, 0.1) is 5.92 Å². The van der Waals surface area contributed by atoms with Gasteiger partial charge in [-0.05, 0) is 18.1 Å². The molecule has 4 N–H and O–H groups in total. The Kier molecular flexibility index (Phi) is 8.19. The molecule has 3 amide bonds. The third-order valence-electron chi connectivity index (χ3n) is 4.71. The molecule has 0 spiro atoms. The summed E-state index contributed by atoms with van der Waals surface area (Å²) in [5, 5.41) is 5.15. The van der Waals surface area contributed by atoms with E-state index in [0.29, 0.717) is 13.1 Å². The summed E-state index contributed by atoms with van der Waals surface area (Å²) in [5.41, 5.74) is 5.71. The van der Waals surface area contributed by atoms with Crippen LogP contribution in [0.25, 0.3) is 0 Å². The molecule has 9 nitrogen and oxygen atoms in total. The molecule has 1 aliphatic heterocycles. The highest BCUT2D eigenvalue weighted by atomic mass is 16.2. The quantitative estimate of drug-likeness (QED) is 0.542. The molecule has 1 aromatic rings. The summed E-state index contributed by atoms with van der Waals surface area (Å²) in [6.07, 6.45) is 1.99. The predicted octanol–water partition coefficient (Wildman–Crippen LogP) is -0.664. The maximum atomic E-state index is 12.3. The number of amides is 3. The van der Waals surface area contributed by atoms with Crippen molar-refractivity contribution in [2.45, 2.75) is 26.3 Å². The van der Waals surface area contributed by atoms with Gasteiger partial charge in [-0.3, -0.25) is 14.4 Å². The standard InChI is InChI=1S/C19H30N6O3/c1-14(2)18(20)19(28)23-13-16(26)22-8-6-17(27)25-11-9-24(10-12-25)15-5-3-4-7-21-15/h3-5,7,14,18H,6,8-13,20H2,1-2H3,(H,22,26)(H,23,28)/t18-/m0/s1. The molecule has 2 rings (SSSR count). The topological polar surface area (TPSA) is 121 Å². The highest BCUT2D eigenvalue weighted by Crippen LogP contribution is 2.12. The Morgan fingerprint density at radius 3 is 2.46 bits per heavy atom. The summed E-state index contributed by atoms with van der Waals surface area (Å²) in [7, 11) is 0. The van der Waals surface area contributed by atoms with Crippen LogP contribution < -0.4 is 21.3 Å². The van der Waals surface area contributed by atoms with E-state index in [0.717, 1.165) is 18.9 Å². The molecule has 0 radical (unpaired) electrons. The number of pyridine rings is 1. The summed E-state index contributed by atoms with van der Waals surface area (Å²) in [6.45, 7) is 6.51. The Hall–Kier alpha value is -2.68. The van der Waals surface area contributed by atoms with Crippen LogP contribution in [-0.4, -0.2) is 72.9 Å². The van der Waals surface area contributed by atoms with Gasteiger partial charge >= 0.3 is 0 Å². The third kappa shape index (κ3) is 6.49. The number of hydrogen-bond donors (Lipinski definition) is 3. The molecular formula is C19H30N6O3. The average Bonchev–Trinajstić information content (AvgIpc) is 2.72. The Morgan fingerprint density at radius 2 is 1.86 bits per heavy atom. The minimum absolute atomic E-state index is 0.00109. The number of nitrogens with zero attached hydrogens (tertiary/aromatic N) is 3. The molecule has 1 aliphatic rings. The van der Waals surface area contributed by atoms with Crippen LogP contribution in [0.5, 0.6) is 0 Å². The van der Waals surface area contributed by atoms with Gasteiger partial charge in [0, 0.05) is 45.3 Å². The lowest BCUT2D eigenvalue weighted by Crippen LogP contribution is -2.50. The summed E-state index contributed by atoms with van der Waals surface area (Å²) >= 11 is 0. The molecule has 9 heteroatoms. The Bertz CT molecular complexity index is 659. The van der Waals surface area contributed by atoms with Gasteiger partial charge in [0.05, 0.1) is 12.6 Å². The van der Waals surface area contributed by atoms with Crippen LogP contribution in [0.1, 0.15) is 20.3 Å². The van der Waals surface area contributed by atoms with Crippen LogP contribution in [0.4, 0.5) is 5.82 Å². The van der Waals surface area contributed by atoms with E-state index in [-0.39, 0.29) is 43.1 Å². The molecule has 1 saturated heterocycles. The van der Waals surface area contributed by atoms with Gasteiger partial charge in [0.15, 0.2) is 0 Å². The van der Waals surface area contributed by atoms with Crippen molar-refractivity contribution >= 4 is 23.5 Å². The summed E-state index contributed by atoms with van der Waals surface area (Å²) in [5.74, 6) is 0.232. The number of nitrogens with two attached hydrogens (primary N) is 1. The van der Waals surface area contributed by atoms with Crippen molar-refractivity contribution in [2.24, 2.45) is 11.7 Å². The molecule has 0 aromatic carbocycles. The van der Waals surface area contributed by atoms with Gasteiger partial charge in [0.2, 0.25) is 17.7 Å². The maximum absolute atomic E-state index is 12.3. The normalized spacial score (nSPS) is 15.3. The SMILES string of the molecule is CC(C)[C@H](N)C(=O)NCC(=O)NCCC(=O)N1CCN(c2ccccn2)CC1. The van der Waals surface area contributed by atoms with E-state index < -0.39 is 6.04 Å². The van der Waals surface area contributed by atoms with E-state index >= 15 is 0 Å². The number of rotatable bonds is 8. The lowest BCUT2D eigenvalue weighted by molar-refractivity contribution is -0.131. The van der Waals surface area contributed by atoms with Gasteiger partial charge in [-0.1, -0.05) is 19.9 Å². The minimum Gasteiger partial charge on any atom is -0.354 e. The molecule has 28 heavy (non-hydrogen) atoms. The summed E-state index contributed by atoms with van der Waals surface area (Å²) in [6, 6.07) is 5.14. The van der Waals surface area contributed by atoms with E-state index in [9.17, 15) is 14.4 Å². The highest BCUT2D eigenvalue weighted by Gasteiger charge is 2.22. The molecule has 0 unspecified atom stereocenters. The molecule has 0 aliphatic carbocycles. The van der Waals surface area contributed by atoms with Crippen molar-refractivity contribution in [3.63, 3.8) is 0 Å². The van der Waals surface area contributed by atoms with E-state index in [1.807, 2.05) is 32.0 Å². The Labute approximate surface area is 165 Å². The van der Waals surface area contributed by atoms with Gasteiger partial charge in [0.25, 0.3) is 0 Å². The van der Waals surface area contributed by atoms with Crippen LogP contribution in [-0.2, 0) is 14.4 Å². The van der Waals surface area contributed by atoms with Crippen molar-refractivity contribution in [3.8, 4) is 0 Å². The average molecular weight is 390 g/mol. The number of hydrogen-bond acceptors (Lipinski definition) is 6. The first-order valence-electron chi connectivity index (χ1n) is 9.62. The van der Waals surface area contributed by atoms with Crippen LogP contribution in [0.3, 0.4) is 0 Å². The van der Waals surface area contributed by atoms with Crippen molar-refractivity contribution < 1.29 is 14.4 Å². The monoisotopic (exact) mass is 390 g/mol. The second-order valence-corrected chi connectivity index (χ2v) is 7.14. The molecule has 1 aromatic heterocycles. The van der Waals surface area contributed by atoms with E-state index in [4.69, 9.17) is 5.73 Å². The fraction of sp³-hybridized carbons (Fsp3) is 0.579. The third-order valence-corrected chi connectivity index (χ3v) is 4.71. The van der Waals surface area contributed by atoms with E-state index in [1.54, 1.807) is 11.1 Å². The molecule has 154 valence electrons. The second kappa shape index (κ2) is 10.6. The van der Waals surface area contributed by atoms with Crippen molar-refractivity contribution in [1.29, 1.82) is 0 Å². The zero-order chi connectivity index (χ0) is 20.5. The summed E-state index contributed by atoms with van der Waals surface area (Å²) in [4.78, 5) is 44.1. The molecular weight excluding hydrogens is 360 g/mol. The molecule has 0 saturated carbocycles. The first kappa shape index (κ1) is 21.6. The summed E-state index contributed by atoms with van der Waals surface area (Å²) < 4.78 is 0.